The first-order valence-corrected chi connectivity index (χ1v) is 6.52. The highest BCUT2D eigenvalue weighted by Crippen LogP contribution is 2.26. The number of carbonyl (C=O) groups is 1. The number of nitrogens with two attached hydrogens (primary N) is 1. The summed E-state index contributed by atoms with van der Waals surface area (Å²) in [5, 5.41) is 0. The third-order valence-corrected chi connectivity index (χ3v) is 3.33. The summed E-state index contributed by atoms with van der Waals surface area (Å²) in [4.78, 5) is 11.5. The van der Waals surface area contributed by atoms with Crippen molar-refractivity contribution in [2.75, 3.05) is 0 Å². The van der Waals surface area contributed by atoms with E-state index in [9.17, 15) is 4.79 Å². The van der Waals surface area contributed by atoms with Gasteiger partial charge in [-0.15, -0.1) is 0 Å². The molecule has 3 nitrogen and oxygen atoms in total. The monoisotopic (exact) mass is 353 g/mol. The maximum atomic E-state index is 11.5. The van der Waals surface area contributed by atoms with E-state index in [1.54, 1.807) is 0 Å². The predicted octanol–water partition coefficient (Wildman–Crippen LogP) is 2.90. The van der Waals surface area contributed by atoms with Crippen LogP contribution in [0.4, 0.5) is 0 Å². The second kappa shape index (κ2) is 5.86. The fourth-order valence-corrected chi connectivity index (χ4v) is 2.10. The molecule has 0 saturated carbocycles. The molecule has 2 aromatic carbocycles. The lowest BCUT2D eigenvalue weighted by molar-refractivity contribution is -0.125. The minimum absolute atomic E-state index is 0.499. The number of benzene rings is 2. The van der Waals surface area contributed by atoms with Gasteiger partial charge in [-0.3, -0.25) is 4.79 Å². The Balaban J connectivity index is 2.28. The zero-order chi connectivity index (χ0) is 13.0. The Morgan fingerprint density at radius 3 is 2.28 bits per heavy atom. The molecule has 2 aromatic rings. The van der Waals surface area contributed by atoms with Crippen LogP contribution in [-0.4, -0.2) is 5.91 Å². The van der Waals surface area contributed by atoms with Gasteiger partial charge in [-0.1, -0.05) is 42.5 Å². The van der Waals surface area contributed by atoms with Gasteiger partial charge in [0, 0.05) is 5.56 Å². The van der Waals surface area contributed by atoms with Crippen LogP contribution in [0.2, 0.25) is 0 Å². The standard InChI is InChI=1S/C14H12INO2/c15-11-8-4-5-9-12(11)18-13(14(16)17)10-6-2-1-3-7-10/h1-9,13H,(H2,16,17). The lowest BCUT2D eigenvalue weighted by Crippen LogP contribution is -2.26. The largest absolute Gasteiger partial charge is 0.475 e. The SMILES string of the molecule is NC(=O)C(Oc1ccccc1I)c1ccccc1. The second-order valence-corrected chi connectivity index (χ2v) is 4.90. The van der Waals surface area contributed by atoms with E-state index in [-0.39, 0.29) is 0 Å². The molecule has 0 radical (unpaired) electrons. The summed E-state index contributed by atoms with van der Waals surface area (Å²) in [5.41, 5.74) is 6.15. The zero-order valence-corrected chi connectivity index (χ0v) is 11.7. The normalized spacial score (nSPS) is 11.8. The molecule has 0 fully saturated rings. The lowest BCUT2D eigenvalue weighted by Gasteiger charge is -2.17. The molecular weight excluding hydrogens is 341 g/mol. The Hall–Kier alpha value is -1.56. The summed E-state index contributed by atoms with van der Waals surface area (Å²) < 4.78 is 6.65. The summed E-state index contributed by atoms with van der Waals surface area (Å²) in [6, 6.07) is 16.7. The molecule has 0 saturated heterocycles. The van der Waals surface area contributed by atoms with Crippen molar-refractivity contribution in [1.29, 1.82) is 0 Å². The van der Waals surface area contributed by atoms with E-state index >= 15 is 0 Å². The van der Waals surface area contributed by atoms with Crippen LogP contribution in [-0.2, 0) is 4.79 Å². The van der Waals surface area contributed by atoms with Crippen molar-refractivity contribution < 1.29 is 9.53 Å². The van der Waals surface area contributed by atoms with Crippen molar-refractivity contribution in [2.24, 2.45) is 5.73 Å². The molecule has 0 bridgehead atoms. The van der Waals surface area contributed by atoms with Gasteiger partial charge in [0.05, 0.1) is 3.57 Å². The maximum Gasteiger partial charge on any atom is 0.263 e. The Kier molecular flexibility index (Phi) is 4.19. The van der Waals surface area contributed by atoms with Gasteiger partial charge in [-0.05, 0) is 34.7 Å². The lowest BCUT2D eigenvalue weighted by atomic mass is 10.1. The predicted molar refractivity (Wildman–Crippen MR) is 78.2 cm³/mol. The van der Waals surface area contributed by atoms with E-state index in [0.29, 0.717) is 5.75 Å². The van der Waals surface area contributed by atoms with Crippen LogP contribution in [0.3, 0.4) is 0 Å². The van der Waals surface area contributed by atoms with Crippen molar-refractivity contribution in [3.8, 4) is 5.75 Å². The number of rotatable bonds is 4. The minimum Gasteiger partial charge on any atom is -0.475 e. The quantitative estimate of drug-likeness (QED) is 0.860. The molecule has 18 heavy (non-hydrogen) atoms. The summed E-state index contributed by atoms with van der Waals surface area (Å²) in [5.74, 6) is 0.159. The second-order valence-electron chi connectivity index (χ2n) is 3.74. The zero-order valence-electron chi connectivity index (χ0n) is 9.55. The number of amides is 1. The Labute approximate surface area is 119 Å². The molecule has 0 spiro atoms. The first kappa shape index (κ1) is 12.9. The molecular formula is C14H12INO2. The Bertz CT molecular complexity index is 543. The van der Waals surface area contributed by atoms with Crippen LogP contribution >= 0.6 is 22.6 Å². The highest BCUT2D eigenvalue weighted by Gasteiger charge is 2.20. The molecule has 0 aliphatic carbocycles. The first-order chi connectivity index (χ1) is 8.68. The van der Waals surface area contributed by atoms with Crippen LogP contribution in [0.15, 0.2) is 54.6 Å². The number of primary amides is 1. The molecule has 0 heterocycles. The molecule has 1 atom stereocenters. The Morgan fingerprint density at radius 1 is 1.06 bits per heavy atom. The van der Waals surface area contributed by atoms with Crippen LogP contribution in [0.25, 0.3) is 0 Å². The molecule has 1 unspecified atom stereocenters. The van der Waals surface area contributed by atoms with Crippen LogP contribution < -0.4 is 10.5 Å². The van der Waals surface area contributed by atoms with Gasteiger partial charge in [-0.25, -0.2) is 0 Å². The number of halogens is 1. The molecule has 4 heteroatoms. The molecule has 0 aliphatic rings. The molecule has 1 amide bonds. The smallest absolute Gasteiger partial charge is 0.263 e. The number of hydrogen-bond donors (Lipinski definition) is 1. The van der Waals surface area contributed by atoms with Crippen molar-refractivity contribution in [1.82, 2.24) is 0 Å². The number of hydrogen-bond acceptors (Lipinski definition) is 2. The average molecular weight is 353 g/mol. The third-order valence-electron chi connectivity index (χ3n) is 2.44. The Morgan fingerprint density at radius 2 is 1.67 bits per heavy atom. The molecule has 2 rings (SSSR count). The fraction of sp³-hybridized carbons (Fsp3) is 0.0714. The van der Waals surface area contributed by atoms with Crippen molar-refractivity contribution in [3.05, 3.63) is 63.7 Å². The summed E-state index contributed by atoms with van der Waals surface area (Å²) >= 11 is 2.16. The topological polar surface area (TPSA) is 52.3 Å². The van der Waals surface area contributed by atoms with Crippen LogP contribution in [0, 0.1) is 3.57 Å². The number of ether oxygens (including phenoxy) is 1. The minimum atomic E-state index is -0.762. The molecule has 2 N–H and O–H groups in total. The van der Waals surface area contributed by atoms with E-state index in [1.807, 2.05) is 54.6 Å². The van der Waals surface area contributed by atoms with Gasteiger partial charge >= 0.3 is 0 Å². The number of carbonyl (C=O) groups excluding carboxylic acids is 1. The van der Waals surface area contributed by atoms with E-state index in [4.69, 9.17) is 10.5 Å². The van der Waals surface area contributed by atoms with Crippen LogP contribution in [0.5, 0.6) is 5.75 Å². The summed E-state index contributed by atoms with van der Waals surface area (Å²) in [6.45, 7) is 0. The number of para-hydroxylation sites is 1. The first-order valence-electron chi connectivity index (χ1n) is 5.44. The van der Waals surface area contributed by atoms with Crippen LogP contribution in [0.1, 0.15) is 11.7 Å². The summed E-state index contributed by atoms with van der Waals surface area (Å²) in [7, 11) is 0. The highest BCUT2D eigenvalue weighted by molar-refractivity contribution is 14.1. The van der Waals surface area contributed by atoms with Gasteiger partial charge in [-0.2, -0.15) is 0 Å². The van der Waals surface area contributed by atoms with Crippen molar-refractivity contribution in [3.63, 3.8) is 0 Å². The molecule has 0 aromatic heterocycles. The van der Waals surface area contributed by atoms with Gasteiger partial charge < -0.3 is 10.5 Å². The molecule has 0 aliphatic heterocycles. The highest BCUT2D eigenvalue weighted by atomic mass is 127. The van der Waals surface area contributed by atoms with E-state index in [1.165, 1.54) is 0 Å². The molecule has 92 valence electrons. The van der Waals surface area contributed by atoms with Crippen molar-refractivity contribution >= 4 is 28.5 Å². The van der Waals surface area contributed by atoms with E-state index in [2.05, 4.69) is 22.6 Å². The summed E-state index contributed by atoms with van der Waals surface area (Å²) in [6.07, 6.45) is -0.762. The van der Waals surface area contributed by atoms with Gasteiger partial charge in [0.25, 0.3) is 5.91 Å². The fourth-order valence-electron chi connectivity index (χ4n) is 1.59. The van der Waals surface area contributed by atoms with Crippen molar-refractivity contribution in [2.45, 2.75) is 6.10 Å². The van der Waals surface area contributed by atoms with Gasteiger partial charge in [0.1, 0.15) is 5.75 Å². The van der Waals surface area contributed by atoms with Gasteiger partial charge in [0.2, 0.25) is 6.10 Å². The third kappa shape index (κ3) is 3.01. The average Bonchev–Trinajstić information content (AvgIpc) is 2.38. The van der Waals surface area contributed by atoms with Gasteiger partial charge in [0.15, 0.2) is 0 Å². The van der Waals surface area contributed by atoms with E-state index in [0.717, 1.165) is 9.13 Å². The maximum absolute atomic E-state index is 11.5. The van der Waals surface area contributed by atoms with E-state index < -0.39 is 12.0 Å².